The Labute approximate surface area is 120 Å². The standard InChI is InChI=1S/C14H9ClN4O/c1-8-6-11(19-14(15)17-8)9(7-16)13-18-10-4-2-3-5-12(10)20-13/h2-6,18H,1H3/b13-9-. The lowest BCUT2D eigenvalue weighted by molar-refractivity contribution is 0.460. The highest BCUT2D eigenvalue weighted by atomic mass is 35.5. The van der Waals surface area contributed by atoms with E-state index in [-0.39, 0.29) is 10.9 Å². The highest BCUT2D eigenvalue weighted by Gasteiger charge is 2.22. The molecule has 0 saturated carbocycles. The highest BCUT2D eigenvalue weighted by molar-refractivity contribution is 6.28. The maximum Gasteiger partial charge on any atom is 0.223 e. The molecular weight excluding hydrogens is 276 g/mol. The monoisotopic (exact) mass is 284 g/mol. The van der Waals surface area contributed by atoms with Crippen LogP contribution in [0.5, 0.6) is 5.75 Å². The number of hydrogen-bond acceptors (Lipinski definition) is 5. The Kier molecular flexibility index (Phi) is 3.01. The van der Waals surface area contributed by atoms with Crippen LogP contribution in [0.4, 0.5) is 5.69 Å². The lowest BCUT2D eigenvalue weighted by atomic mass is 10.2. The third-order valence-corrected chi connectivity index (χ3v) is 2.94. The second-order valence-electron chi connectivity index (χ2n) is 4.20. The number of halogens is 1. The van der Waals surface area contributed by atoms with E-state index in [4.69, 9.17) is 16.3 Å². The number of aromatic nitrogens is 2. The van der Waals surface area contributed by atoms with Gasteiger partial charge in [-0.25, -0.2) is 9.97 Å². The molecule has 1 aromatic heterocycles. The van der Waals surface area contributed by atoms with Gasteiger partial charge in [-0.1, -0.05) is 12.1 Å². The number of ether oxygens (including phenoxy) is 1. The van der Waals surface area contributed by atoms with Gasteiger partial charge in [-0.2, -0.15) is 5.26 Å². The number of nitrogens with zero attached hydrogens (tertiary/aromatic N) is 3. The van der Waals surface area contributed by atoms with Crippen molar-refractivity contribution in [2.75, 3.05) is 5.32 Å². The minimum absolute atomic E-state index is 0.101. The number of benzene rings is 1. The van der Waals surface area contributed by atoms with Crippen molar-refractivity contribution in [2.24, 2.45) is 0 Å². The van der Waals surface area contributed by atoms with Crippen molar-refractivity contribution in [2.45, 2.75) is 6.92 Å². The second kappa shape index (κ2) is 4.83. The molecule has 0 saturated heterocycles. The number of anilines is 1. The van der Waals surface area contributed by atoms with Gasteiger partial charge in [-0.3, -0.25) is 0 Å². The average molecular weight is 285 g/mol. The summed E-state index contributed by atoms with van der Waals surface area (Å²) in [7, 11) is 0. The molecule has 0 spiro atoms. The van der Waals surface area contributed by atoms with Gasteiger partial charge in [-0.15, -0.1) is 0 Å². The van der Waals surface area contributed by atoms with E-state index < -0.39 is 0 Å². The summed E-state index contributed by atoms with van der Waals surface area (Å²) in [6, 6.07) is 11.2. The van der Waals surface area contributed by atoms with Crippen LogP contribution in [0.1, 0.15) is 11.4 Å². The van der Waals surface area contributed by atoms with E-state index in [1.807, 2.05) is 24.3 Å². The fourth-order valence-corrected chi connectivity index (χ4v) is 2.14. The van der Waals surface area contributed by atoms with Crippen LogP contribution in [-0.4, -0.2) is 9.97 Å². The van der Waals surface area contributed by atoms with Crippen LogP contribution < -0.4 is 10.1 Å². The van der Waals surface area contributed by atoms with Crippen LogP contribution in [0.2, 0.25) is 5.28 Å². The molecule has 0 fully saturated rings. The summed E-state index contributed by atoms with van der Waals surface area (Å²) in [5, 5.41) is 12.5. The Morgan fingerprint density at radius 2 is 2.15 bits per heavy atom. The molecule has 3 rings (SSSR count). The molecule has 1 aromatic carbocycles. The normalized spacial score (nSPS) is 14.8. The smallest absolute Gasteiger partial charge is 0.223 e. The molecule has 1 N–H and O–H groups in total. The molecule has 98 valence electrons. The van der Waals surface area contributed by atoms with Crippen LogP contribution in [0, 0.1) is 18.3 Å². The zero-order valence-corrected chi connectivity index (χ0v) is 11.3. The van der Waals surface area contributed by atoms with Crippen LogP contribution in [0.3, 0.4) is 0 Å². The molecule has 0 atom stereocenters. The van der Waals surface area contributed by atoms with Crippen LogP contribution in [0.25, 0.3) is 5.57 Å². The first-order valence-corrected chi connectivity index (χ1v) is 6.25. The minimum atomic E-state index is 0.101. The SMILES string of the molecule is Cc1cc(/C(C#N)=C2/Nc3ccccc3O2)nc(Cl)n1. The molecule has 5 nitrogen and oxygen atoms in total. The van der Waals surface area contributed by atoms with Crippen LogP contribution in [-0.2, 0) is 0 Å². The molecule has 0 bridgehead atoms. The average Bonchev–Trinajstić information content (AvgIpc) is 2.81. The summed E-state index contributed by atoms with van der Waals surface area (Å²) >= 11 is 5.83. The van der Waals surface area contributed by atoms with E-state index in [1.54, 1.807) is 13.0 Å². The molecule has 20 heavy (non-hydrogen) atoms. The Balaban J connectivity index is 2.08. The molecule has 1 aliphatic rings. The van der Waals surface area contributed by atoms with Gasteiger partial charge in [0, 0.05) is 5.69 Å². The first-order valence-electron chi connectivity index (χ1n) is 5.87. The van der Waals surface area contributed by atoms with Crippen molar-refractivity contribution < 1.29 is 4.74 Å². The fraction of sp³-hybridized carbons (Fsp3) is 0.0714. The largest absolute Gasteiger partial charge is 0.437 e. The zero-order valence-electron chi connectivity index (χ0n) is 10.5. The van der Waals surface area contributed by atoms with E-state index >= 15 is 0 Å². The second-order valence-corrected chi connectivity index (χ2v) is 4.54. The van der Waals surface area contributed by atoms with Gasteiger partial charge < -0.3 is 10.1 Å². The molecule has 2 aromatic rings. The lowest BCUT2D eigenvalue weighted by Crippen LogP contribution is -2.04. The van der Waals surface area contributed by atoms with Crippen molar-refractivity contribution in [3.63, 3.8) is 0 Å². The molecule has 1 aliphatic heterocycles. The number of hydrogen-bond donors (Lipinski definition) is 1. The number of rotatable bonds is 1. The van der Waals surface area contributed by atoms with Gasteiger partial charge in [0.2, 0.25) is 11.2 Å². The lowest BCUT2D eigenvalue weighted by Gasteiger charge is -2.04. The number of nitrogens with one attached hydrogen (secondary N) is 1. The zero-order chi connectivity index (χ0) is 14.1. The molecule has 2 heterocycles. The predicted molar refractivity (Wildman–Crippen MR) is 75.0 cm³/mol. The predicted octanol–water partition coefficient (Wildman–Crippen LogP) is 3.14. The quantitative estimate of drug-likeness (QED) is 0.643. The Hall–Kier alpha value is -2.58. The van der Waals surface area contributed by atoms with Gasteiger partial charge in [0.1, 0.15) is 11.6 Å². The first-order chi connectivity index (χ1) is 9.67. The van der Waals surface area contributed by atoms with Gasteiger partial charge in [0.05, 0.1) is 11.4 Å². The van der Waals surface area contributed by atoms with E-state index in [0.717, 1.165) is 5.69 Å². The van der Waals surface area contributed by atoms with Gasteiger partial charge in [0.25, 0.3) is 0 Å². The maximum atomic E-state index is 9.37. The highest BCUT2D eigenvalue weighted by Crippen LogP contribution is 2.35. The molecular formula is C14H9ClN4O. The Bertz CT molecular complexity index is 717. The molecule has 6 heteroatoms. The van der Waals surface area contributed by atoms with Crippen molar-refractivity contribution in [1.29, 1.82) is 5.26 Å². The minimum Gasteiger partial charge on any atom is -0.437 e. The van der Waals surface area contributed by atoms with E-state index in [9.17, 15) is 5.26 Å². The van der Waals surface area contributed by atoms with E-state index in [2.05, 4.69) is 21.4 Å². The molecule has 0 unspecified atom stereocenters. The number of para-hydroxylation sites is 2. The summed E-state index contributed by atoms with van der Waals surface area (Å²) in [6.45, 7) is 1.79. The van der Waals surface area contributed by atoms with Crippen LogP contribution >= 0.6 is 11.6 Å². The topological polar surface area (TPSA) is 70.8 Å². The van der Waals surface area contributed by atoms with Gasteiger partial charge in [0.15, 0.2) is 5.75 Å². The van der Waals surface area contributed by atoms with E-state index in [0.29, 0.717) is 23.0 Å². The van der Waals surface area contributed by atoms with Crippen molar-refractivity contribution in [1.82, 2.24) is 9.97 Å². The third kappa shape index (κ3) is 2.17. The summed E-state index contributed by atoms with van der Waals surface area (Å²) < 4.78 is 5.64. The third-order valence-electron chi connectivity index (χ3n) is 2.77. The van der Waals surface area contributed by atoms with Crippen molar-refractivity contribution >= 4 is 22.9 Å². The van der Waals surface area contributed by atoms with Crippen molar-refractivity contribution in [3.8, 4) is 11.8 Å². The molecule has 0 aliphatic carbocycles. The number of allylic oxidation sites excluding steroid dienone is 1. The summed E-state index contributed by atoms with van der Waals surface area (Å²) in [6.07, 6.45) is 0. The number of nitriles is 1. The number of aryl methyl sites for hydroxylation is 1. The van der Waals surface area contributed by atoms with Gasteiger partial charge in [-0.05, 0) is 36.7 Å². The van der Waals surface area contributed by atoms with Crippen LogP contribution in [0.15, 0.2) is 36.2 Å². The fourth-order valence-electron chi connectivity index (χ4n) is 1.91. The molecule has 0 radical (unpaired) electrons. The first kappa shape index (κ1) is 12.5. The molecule has 0 amide bonds. The van der Waals surface area contributed by atoms with Gasteiger partial charge >= 0.3 is 0 Å². The maximum absolute atomic E-state index is 9.37. The van der Waals surface area contributed by atoms with E-state index in [1.165, 1.54) is 0 Å². The summed E-state index contributed by atoms with van der Waals surface area (Å²) in [5.74, 6) is 1.02. The number of fused-ring (bicyclic) bond motifs is 1. The summed E-state index contributed by atoms with van der Waals surface area (Å²) in [4.78, 5) is 8.04. The Morgan fingerprint density at radius 3 is 2.85 bits per heavy atom. The summed E-state index contributed by atoms with van der Waals surface area (Å²) in [5.41, 5.74) is 2.21. The van der Waals surface area contributed by atoms with Crippen molar-refractivity contribution in [3.05, 3.63) is 52.9 Å². The Morgan fingerprint density at radius 1 is 1.35 bits per heavy atom.